The van der Waals surface area contributed by atoms with Gasteiger partial charge >= 0.3 is 6.03 Å². The predicted octanol–water partition coefficient (Wildman–Crippen LogP) is 3.80. The standard InChI is InChI=1S/C17H20N2O2/c1-13(2)21-16-10-6-7-14(11-16)12-18-17(20)19-15-8-4-3-5-9-15/h3-11,13H,12H2,1-2H3,(H2,18,19,20). The molecule has 2 aromatic rings. The first-order chi connectivity index (χ1) is 10.1. The van der Waals surface area contributed by atoms with Crippen LogP contribution in [0.2, 0.25) is 0 Å². The average Bonchev–Trinajstić information content (AvgIpc) is 2.46. The first kappa shape index (κ1) is 14.9. The number of hydrogen-bond donors (Lipinski definition) is 2. The van der Waals surface area contributed by atoms with Crippen LogP contribution in [-0.2, 0) is 6.54 Å². The lowest BCUT2D eigenvalue weighted by Gasteiger charge is -2.11. The summed E-state index contributed by atoms with van der Waals surface area (Å²) in [6.07, 6.45) is 0.134. The van der Waals surface area contributed by atoms with Crippen LogP contribution in [-0.4, -0.2) is 12.1 Å². The second-order valence-corrected chi connectivity index (χ2v) is 4.99. The van der Waals surface area contributed by atoms with Gasteiger partial charge in [-0.05, 0) is 43.7 Å². The van der Waals surface area contributed by atoms with Crippen LogP contribution in [0.25, 0.3) is 0 Å². The van der Waals surface area contributed by atoms with Crippen molar-refractivity contribution in [1.29, 1.82) is 0 Å². The molecular weight excluding hydrogens is 264 g/mol. The minimum Gasteiger partial charge on any atom is -0.491 e. The van der Waals surface area contributed by atoms with Gasteiger partial charge in [0.25, 0.3) is 0 Å². The fourth-order valence-corrected chi connectivity index (χ4v) is 1.88. The Hall–Kier alpha value is -2.49. The zero-order valence-corrected chi connectivity index (χ0v) is 12.3. The SMILES string of the molecule is CC(C)Oc1cccc(CNC(=O)Nc2ccccc2)c1. The first-order valence-electron chi connectivity index (χ1n) is 6.99. The van der Waals surface area contributed by atoms with Gasteiger partial charge in [0.05, 0.1) is 6.10 Å². The number of benzene rings is 2. The number of urea groups is 1. The third-order valence-corrected chi connectivity index (χ3v) is 2.75. The van der Waals surface area contributed by atoms with Crippen LogP contribution in [0.1, 0.15) is 19.4 Å². The summed E-state index contributed by atoms with van der Waals surface area (Å²) in [4.78, 5) is 11.8. The van der Waals surface area contributed by atoms with E-state index in [1.165, 1.54) is 0 Å². The largest absolute Gasteiger partial charge is 0.491 e. The van der Waals surface area contributed by atoms with Crippen LogP contribution >= 0.6 is 0 Å². The monoisotopic (exact) mass is 284 g/mol. The summed E-state index contributed by atoms with van der Waals surface area (Å²) < 4.78 is 5.63. The Kier molecular flexibility index (Phi) is 5.21. The van der Waals surface area contributed by atoms with E-state index < -0.39 is 0 Å². The number of nitrogens with one attached hydrogen (secondary N) is 2. The minimum atomic E-state index is -0.226. The maximum atomic E-state index is 11.8. The molecule has 4 nitrogen and oxygen atoms in total. The van der Waals surface area contributed by atoms with Gasteiger partial charge in [-0.1, -0.05) is 30.3 Å². The van der Waals surface area contributed by atoms with E-state index in [2.05, 4.69) is 10.6 Å². The van der Waals surface area contributed by atoms with Gasteiger partial charge in [0.15, 0.2) is 0 Å². The van der Waals surface area contributed by atoms with Crippen molar-refractivity contribution in [2.24, 2.45) is 0 Å². The Balaban J connectivity index is 1.86. The molecule has 0 aliphatic heterocycles. The molecule has 4 heteroatoms. The molecule has 110 valence electrons. The molecule has 2 amide bonds. The lowest BCUT2D eigenvalue weighted by atomic mass is 10.2. The van der Waals surface area contributed by atoms with Crippen molar-refractivity contribution in [3.8, 4) is 5.75 Å². The molecule has 0 aliphatic carbocycles. The van der Waals surface area contributed by atoms with Gasteiger partial charge in [-0.15, -0.1) is 0 Å². The zero-order chi connectivity index (χ0) is 15.1. The van der Waals surface area contributed by atoms with Gasteiger partial charge in [0.2, 0.25) is 0 Å². The van der Waals surface area contributed by atoms with Gasteiger partial charge < -0.3 is 15.4 Å². The molecule has 2 aromatic carbocycles. The van der Waals surface area contributed by atoms with Gasteiger partial charge in [-0.25, -0.2) is 4.79 Å². The highest BCUT2D eigenvalue weighted by molar-refractivity contribution is 5.89. The Morgan fingerprint density at radius 1 is 1.10 bits per heavy atom. The van der Waals surface area contributed by atoms with Crippen molar-refractivity contribution in [3.05, 3.63) is 60.2 Å². The number of rotatable bonds is 5. The van der Waals surface area contributed by atoms with Crippen LogP contribution in [0, 0.1) is 0 Å². The highest BCUT2D eigenvalue weighted by Crippen LogP contribution is 2.14. The summed E-state index contributed by atoms with van der Waals surface area (Å²) in [5.41, 5.74) is 1.77. The number of carbonyl (C=O) groups excluding carboxylic acids is 1. The van der Waals surface area contributed by atoms with Crippen molar-refractivity contribution in [2.75, 3.05) is 5.32 Å². The number of ether oxygens (including phenoxy) is 1. The predicted molar refractivity (Wildman–Crippen MR) is 84.5 cm³/mol. The number of hydrogen-bond acceptors (Lipinski definition) is 2. The maximum absolute atomic E-state index is 11.8. The molecule has 0 fully saturated rings. The summed E-state index contributed by atoms with van der Waals surface area (Å²) in [6, 6.07) is 16.8. The van der Waals surface area contributed by atoms with Crippen molar-refractivity contribution >= 4 is 11.7 Å². The van der Waals surface area contributed by atoms with Crippen molar-refractivity contribution in [2.45, 2.75) is 26.5 Å². The number of amides is 2. The Morgan fingerprint density at radius 3 is 2.57 bits per heavy atom. The molecule has 0 bridgehead atoms. The summed E-state index contributed by atoms with van der Waals surface area (Å²) in [5.74, 6) is 0.813. The second kappa shape index (κ2) is 7.33. The highest BCUT2D eigenvalue weighted by Gasteiger charge is 2.03. The molecule has 0 aliphatic rings. The third kappa shape index (κ3) is 5.18. The van der Waals surface area contributed by atoms with Crippen LogP contribution in [0.15, 0.2) is 54.6 Å². The van der Waals surface area contributed by atoms with Gasteiger partial charge in [0, 0.05) is 12.2 Å². The van der Waals surface area contributed by atoms with E-state index in [4.69, 9.17) is 4.74 Å². The van der Waals surface area contributed by atoms with Crippen LogP contribution in [0.4, 0.5) is 10.5 Å². The van der Waals surface area contributed by atoms with E-state index in [0.717, 1.165) is 17.0 Å². The minimum absolute atomic E-state index is 0.134. The number of carbonyl (C=O) groups is 1. The molecule has 0 unspecified atom stereocenters. The lowest BCUT2D eigenvalue weighted by Crippen LogP contribution is -2.28. The highest BCUT2D eigenvalue weighted by atomic mass is 16.5. The Morgan fingerprint density at radius 2 is 1.86 bits per heavy atom. The zero-order valence-electron chi connectivity index (χ0n) is 12.3. The van der Waals surface area contributed by atoms with E-state index in [-0.39, 0.29) is 12.1 Å². The molecule has 0 spiro atoms. The Labute approximate surface area is 125 Å². The summed E-state index contributed by atoms with van der Waals surface area (Å²) >= 11 is 0. The molecule has 0 radical (unpaired) electrons. The smallest absolute Gasteiger partial charge is 0.319 e. The average molecular weight is 284 g/mol. The fraction of sp³-hybridized carbons (Fsp3) is 0.235. The van der Waals surface area contributed by atoms with Gasteiger partial charge in [0.1, 0.15) is 5.75 Å². The van der Waals surface area contributed by atoms with E-state index in [1.54, 1.807) is 0 Å². The molecule has 2 rings (SSSR count). The van der Waals surface area contributed by atoms with Crippen LogP contribution in [0.3, 0.4) is 0 Å². The van der Waals surface area contributed by atoms with Crippen LogP contribution < -0.4 is 15.4 Å². The lowest BCUT2D eigenvalue weighted by molar-refractivity contribution is 0.242. The summed E-state index contributed by atoms with van der Waals surface area (Å²) in [5, 5.41) is 5.60. The van der Waals surface area contributed by atoms with Crippen molar-refractivity contribution < 1.29 is 9.53 Å². The molecule has 0 heterocycles. The fourth-order valence-electron chi connectivity index (χ4n) is 1.88. The van der Waals surface area contributed by atoms with Gasteiger partial charge in [-0.3, -0.25) is 0 Å². The second-order valence-electron chi connectivity index (χ2n) is 4.99. The van der Waals surface area contributed by atoms with Crippen molar-refractivity contribution in [1.82, 2.24) is 5.32 Å². The topological polar surface area (TPSA) is 50.4 Å². The van der Waals surface area contributed by atoms with E-state index in [9.17, 15) is 4.79 Å². The molecule has 0 atom stereocenters. The number of anilines is 1. The first-order valence-corrected chi connectivity index (χ1v) is 6.99. The summed E-state index contributed by atoms with van der Waals surface area (Å²) in [7, 11) is 0. The molecule has 0 saturated carbocycles. The third-order valence-electron chi connectivity index (χ3n) is 2.75. The molecular formula is C17H20N2O2. The molecule has 2 N–H and O–H groups in total. The van der Waals surface area contributed by atoms with Crippen molar-refractivity contribution in [3.63, 3.8) is 0 Å². The molecule has 0 saturated heterocycles. The van der Waals surface area contributed by atoms with Gasteiger partial charge in [-0.2, -0.15) is 0 Å². The molecule has 0 aromatic heterocycles. The van der Waals surface area contributed by atoms with E-state index >= 15 is 0 Å². The van der Waals surface area contributed by atoms with E-state index in [1.807, 2.05) is 68.4 Å². The molecule has 21 heavy (non-hydrogen) atoms. The maximum Gasteiger partial charge on any atom is 0.319 e. The number of para-hydroxylation sites is 1. The van der Waals surface area contributed by atoms with E-state index in [0.29, 0.717) is 6.54 Å². The normalized spacial score (nSPS) is 10.2. The Bertz CT molecular complexity index is 582. The quantitative estimate of drug-likeness (QED) is 0.877. The summed E-state index contributed by atoms with van der Waals surface area (Å²) in [6.45, 7) is 4.42. The van der Waals surface area contributed by atoms with Crippen LogP contribution in [0.5, 0.6) is 5.75 Å².